The maximum absolute atomic E-state index is 13.3. The van der Waals surface area contributed by atoms with Crippen LogP contribution in [0.2, 0.25) is 5.02 Å². The zero-order chi connectivity index (χ0) is 15.6. The van der Waals surface area contributed by atoms with E-state index in [1.807, 2.05) is 0 Å². The zero-order valence-corrected chi connectivity index (χ0v) is 13.6. The number of aliphatic hydroxyl groups is 1. The summed E-state index contributed by atoms with van der Waals surface area (Å²) in [7, 11) is -4.06. The Kier molecular flexibility index (Phi) is 4.88. The monoisotopic (exact) mass is 393 g/mol. The van der Waals surface area contributed by atoms with Crippen LogP contribution in [0.1, 0.15) is 5.56 Å². The summed E-state index contributed by atoms with van der Waals surface area (Å²) < 4.78 is 40.7. The molecule has 0 saturated carbocycles. The number of aliphatic hydroxyl groups excluding tert-OH is 1. The number of anilines is 1. The average Bonchev–Trinajstić information content (AvgIpc) is 2.44. The first kappa shape index (κ1) is 16.2. The summed E-state index contributed by atoms with van der Waals surface area (Å²) in [6.45, 7) is -0.521. The molecule has 0 amide bonds. The van der Waals surface area contributed by atoms with Gasteiger partial charge in [0.05, 0.1) is 26.7 Å². The Morgan fingerprint density at radius 2 is 2.00 bits per heavy atom. The minimum absolute atomic E-state index is 0.0991. The summed E-state index contributed by atoms with van der Waals surface area (Å²) in [6, 6.07) is 7.82. The molecule has 2 N–H and O–H groups in total. The van der Waals surface area contributed by atoms with Crippen molar-refractivity contribution in [1.29, 1.82) is 0 Å². The largest absolute Gasteiger partial charge is 0.392 e. The van der Waals surface area contributed by atoms with Crippen molar-refractivity contribution in [1.82, 2.24) is 0 Å². The molecule has 0 bridgehead atoms. The molecule has 0 unspecified atom stereocenters. The molecule has 0 heterocycles. The molecule has 2 rings (SSSR count). The van der Waals surface area contributed by atoms with Crippen molar-refractivity contribution >= 4 is 43.2 Å². The van der Waals surface area contributed by atoms with Gasteiger partial charge in [-0.2, -0.15) is 0 Å². The predicted molar refractivity (Wildman–Crippen MR) is 82.3 cm³/mol. The van der Waals surface area contributed by atoms with Crippen LogP contribution in [0.25, 0.3) is 0 Å². The van der Waals surface area contributed by atoms with Gasteiger partial charge in [-0.3, -0.25) is 4.72 Å². The number of halogens is 3. The Labute approximate surface area is 134 Å². The second kappa shape index (κ2) is 6.31. The van der Waals surface area contributed by atoms with E-state index in [1.54, 1.807) is 12.1 Å². The minimum Gasteiger partial charge on any atom is -0.392 e. The summed E-state index contributed by atoms with van der Waals surface area (Å²) in [5.74, 6) is -0.710. The van der Waals surface area contributed by atoms with Crippen molar-refractivity contribution in [2.75, 3.05) is 4.72 Å². The van der Waals surface area contributed by atoms with Gasteiger partial charge < -0.3 is 5.11 Å². The lowest BCUT2D eigenvalue weighted by atomic mass is 10.2. The molecule has 2 aromatic rings. The summed E-state index contributed by atoms with van der Waals surface area (Å²) in [6.07, 6.45) is 0. The topological polar surface area (TPSA) is 66.4 Å². The van der Waals surface area contributed by atoms with Crippen molar-refractivity contribution in [3.05, 3.63) is 57.3 Å². The molecule has 4 nitrogen and oxygen atoms in total. The van der Waals surface area contributed by atoms with Crippen LogP contribution in [-0.2, 0) is 16.6 Å². The first-order valence-electron chi connectivity index (χ1n) is 5.71. The van der Waals surface area contributed by atoms with E-state index in [0.29, 0.717) is 9.50 Å². The first-order chi connectivity index (χ1) is 9.85. The van der Waals surface area contributed by atoms with E-state index in [0.717, 1.165) is 12.1 Å². The lowest BCUT2D eigenvalue weighted by Gasteiger charge is -2.13. The SMILES string of the molecule is O=S(=O)(Nc1cccc(Cl)c1Br)c1cc(F)ccc1CO. The van der Waals surface area contributed by atoms with Crippen molar-refractivity contribution < 1.29 is 17.9 Å². The van der Waals surface area contributed by atoms with Crippen LogP contribution in [0.15, 0.2) is 45.8 Å². The standard InChI is InChI=1S/C13H10BrClFNO3S/c14-13-10(15)2-1-3-11(13)17-21(19,20)12-6-9(16)5-4-8(12)7-18/h1-6,17-18H,7H2. The average molecular weight is 395 g/mol. The Morgan fingerprint density at radius 3 is 2.67 bits per heavy atom. The summed E-state index contributed by atoms with van der Waals surface area (Å²) >= 11 is 9.06. The van der Waals surface area contributed by atoms with E-state index >= 15 is 0 Å². The molecule has 0 aliphatic heterocycles. The molecule has 0 aliphatic carbocycles. The van der Waals surface area contributed by atoms with Gasteiger partial charge >= 0.3 is 0 Å². The van der Waals surface area contributed by atoms with E-state index in [9.17, 15) is 17.9 Å². The number of hydrogen-bond donors (Lipinski definition) is 2. The molecule has 0 saturated heterocycles. The molecular formula is C13H10BrClFNO3S. The molecule has 8 heteroatoms. The lowest BCUT2D eigenvalue weighted by molar-refractivity contribution is 0.278. The number of rotatable bonds is 4. The van der Waals surface area contributed by atoms with Crippen molar-refractivity contribution in [3.8, 4) is 0 Å². The number of sulfonamides is 1. The molecule has 112 valence electrons. The van der Waals surface area contributed by atoms with Crippen LogP contribution in [0, 0.1) is 5.82 Å². The molecule has 0 atom stereocenters. The normalized spacial score (nSPS) is 11.4. The summed E-state index contributed by atoms with van der Waals surface area (Å²) in [4.78, 5) is -0.322. The van der Waals surface area contributed by atoms with Gasteiger partial charge in [-0.25, -0.2) is 12.8 Å². The van der Waals surface area contributed by atoms with Crippen LogP contribution in [-0.4, -0.2) is 13.5 Å². The summed E-state index contributed by atoms with van der Waals surface area (Å²) in [5, 5.41) is 9.52. The van der Waals surface area contributed by atoms with Gasteiger partial charge in [0, 0.05) is 0 Å². The Morgan fingerprint density at radius 1 is 1.29 bits per heavy atom. The predicted octanol–water partition coefficient (Wildman–Crippen LogP) is 3.53. The highest BCUT2D eigenvalue weighted by atomic mass is 79.9. The fourth-order valence-corrected chi connectivity index (χ4v) is 3.68. The van der Waals surface area contributed by atoms with E-state index in [1.165, 1.54) is 12.1 Å². The molecule has 0 spiro atoms. The van der Waals surface area contributed by atoms with E-state index in [2.05, 4.69) is 20.7 Å². The third kappa shape index (κ3) is 3.55. The van der Waals surface area contributed by atoms with Gasteiger partial charge in [0.25, 0.3) is 10.0 Å². The third-order valence-corrected chi connectivity index (χ3v) is 5.53. The van der Waals surface area contributed by atoms with Crippen molar-refractivity contribution in [2.24, 2.45) is 0 Å². The van der Waals surface area contributed by atoms with Crippen LogP contribution in [0.5, 0.6) is 0 Å². The van der Waals surface area contributed by atoms with Gasteiger partial charge in [0.2, 0.25) is 0 Å². The smallest absolute Gasteiger partial charge is 0.262 e. The Bertz CT molecular complexity index is 783. The van der Waals surface area contributed by atoms with Crippen molar-refractivity contribution in [3.63, 3.8) is 0 Å². The Balaban J connectivity index is 2.48. The fourth-order valence-electron chi connectivity index (χ4n) is 1.69. The highest BCUT2D eigenvalue weighted by molar-refractivity contribution is 9.10. The maximum Gasteiger partial charge on any atom is 0.262 e. The Hall–Kier alpha value is -1.15. The lowest BCUT2D eigenvalue weighted by Crippen LogP contribution is -2.15. The van der Waals surface area contributed by atoms with Gasteiger partial charge in [-0.1, -0.05) is 23.7 Å². The fraction of sp³-hybridized carbons (Fsp3) is 0.0769. The van der Waals surface area contributed by atoms with Gasteiger partial charge in [0.1, 0.15) is 5.82 Å². The quantitative estimate of drug-likeness (QED) is 0.833. The maximum atomic E-state index is 13.3. The van der Waals surface area contributed by atoms with E-state index in [-0.39, 0.29) is 16.1 Å². The van der Waals surface area contributed by atoms with E-state index < -0.39 is 22.4 Å². The van der Waals surface area contributed by atoms with Crippen LogP contribution in [0.3, 0.4) is 0 Å². The first-order valence-corrected chi connectivity index (χ1v) is 8.36. The van der Waals surface area contributed by atoms with Gasteiger partial charge in [0.15, 0.2) is 0 Å². The highest BCUT2D eigenvalue weighted by Crippen LogP contribution is 2.32. The van der Waals surface area contributed by atoms with Gasteiger partial charge in [-0.05, 0) is 45.8 Å². The second-order valence-electron chi connectivity index (χ2n) is 4.12. The van der Waals surface area contributed by atoms with Crippen LogP contribution in [0.4, 0.5) is 10.1 Å². The third-order valence-electron chi connectivity index (χ3n) is 2.68. The molecule has 0 aliphatic rings. The second-order valence-corrected chi connectivity index (χ2v) is 6.97. The van der Waals surface area contributed by atoms with E-state index in [4.69, 9.17) is 11.6 Å². The van der Waals surface area contributed by atoms with Crippen LogP contribution >= 0.6 is 27.5 Å². The molecule has 0 radical (unpaired) electrons. The van der Waals surface area contributed by atoms with Gasteiger partial charge in [-0.15, -0.1) is 0 Å². The molecule has 0 fully saturated rings. The number of benzene rings is 2. The van der Waals surface area contributed by atoms with Crippen molar-refractivity contribution in [2.45, 2.75) is 11.5 Å². The number of hydrogen-bond acceptors (Lipinski definition) is 3. The molecular weight excluding hydrogens is 385 g/mol. The minimum atomic E-state index is -4.06. The highest BCUT2D eigenvalue weighted by Gasteiger charge is 2.20. The van der Waals surface area contributed by atoms with Crippen LogP contribution < -0.4 is 4.72 Å². The molecule has 0 aromatic heterocycles. The summed E-state index contributed by atoms with van der Waals surface area (Å²) in [5.41, 5.74) is 0.317. The molecule has 21 heavy (non-hydrogen) atoms. The zero-order valence-electron chi connectivity index (χ0n) is 10.5. The number of nitrogens with one attached hydrogen (secondary N) is 1. The molecule has 2 aromatic carbocycles.